The standard InChI is InChI=1S/2C50H30N2S/c1-3-15-35-31(11-1)13-9-20-42(35)51-44-19-7-5-17-37(44)40-29-33(23-26-45(40)51)34-24-27-46-41(30-34)49-47(28-25-39-38-18-6-8-22-48(38)53-50(39)49)52(46)43-21-10-14-32-12-2-4-16-36(32)43;1-3-15-35-31(11-1)13-9-20-41(35)51-43-19-7-5-17-37(43)39-29-33(23-25-44(39)51)34-24-26-45-40(30-34)49-46(27-28-48-50(49)38-18-6-8-22-47(38)53-48)52(45)42-21-10-14-32-12-2-4-16-36(32)42/h2*1-30H. The fraction of sp³-hybridized carbons (Fsp3) is 0. The molecule has 0 radical (unpaired) electrons. The van der Waals surface area contributed by atoms with Crippen LogP contribution in [0, 0.1) is 0 Å². The summed E-state index contributed by atoms with van der Waals surface area (Å²) in [6.07, 6.45) is 0. The smallest absolute Gasteiger partial charge is 0.0556 e. The summed E-state index contributed by atoms with van der Waals surface area (Å²) in [5.74, 6) is 0. The van der Waals surface area contributed by atoms with Crippen molar-refractivity contribution < 1.29 is 0 Å². The van der Waals surface area contributed by atoms with E-state index in [-0.39, 0.29) is 0 Å². The molecule has 106 heavy (non-hydrogen) atoms. The highest BCUT2D eigenvalue weighted by atomic mass is 32.1. The Morgan fingerprint density at radius 1 is 0.160 bits per heavy atom. The Labute approximate surface area is 616 Å². The predicted molar refractivity (Wildman–Crippen MR) is 457 cm³/mol. The molecule has 0 aliphatic carbocycles. The SMILES string of the molecule is c1ccc2c(-n3c4ccccc4c4cc(-c5ccc6c(c5)c5c7c(ccc5n6-c5cccc6ccccc56)sc5ccccc57)ccc43)cccc2c1.c1ccc2c(-n3c4ccccc4c4cc(-c5ccc6c(c5)c5c7sc8ccccc8c7ccc5n6-c5cccc6ccccc56)ccc43)cccc2c1. The van der Waals surface area contributed by atoms with E-state index in [0.29, 0.717) is 0 Å². The second kappa shape index (κ2) is 23.1. The molecular weight excluding hydrogens is 1320 g/mol. The van der Waals surface area contributed by atoms with Gasteiger partial charge in [0.25, 0.3) is 0 Å². The van der Waals surface area contributed by atoms with E-state index in [9.17, 15) is 0 Å². The van der Waals surface area contributed by atoms with E-state index in [1.165, 1.54) is 216 Å². The lowest BCUT2D eigenvalue weighted by Crippen LogP contribution is -1.95. The Bertz CT molecular complexity index is 7830. The highest BCUT2D eigenvalue weighted by Gasteiger charge is 2.24. The fourth-order valence-electron chi connectivity index (χ4n) is 17.9. The lowest BCUT2D eigenvalue weighted by Gasteiger charge is -2.12. The maximum absolute atomic E-state index is 2.49. The summed E-state index contributed by atoms with van der Waals surface area (Å²) in [6, 6.07) is 134. The first-order valence-electron chi connectivity index (χ1n) is 36.4. The summed E-state index contributed by atoms with van der Waals surface area (Å²) in [5.41, 5.74) is 19.5. The third kappa shape index (κ3) is 8.74. The lowest BCUT2D eigenvalue weighted by molar-refractivity contribution is 1.20. The Balaban J connectivity index is 0.000000129. The first-order valence-corrected chi connectivity index (χ1v) is 38.0. The number of hydrogen-bond donors (Lipinski definition) is 0. The number of nitrogens with zero attached hydrogens (tertiary/aromatic N) is 4. The third-order valence-corrected chi connectivity index (χ3v) is 24.9. The van der Waals surface area contributed by atoms with Crippen LogP contribution in [0.25, 0.3) is 216 Å². The van der Waals surface area contributed by atoms with E-state index >= 15 is 0 Å². The van der Waals surface area contributed by atoms with Gasteiger partial charge in [0.15, 0.2) is 0 Å². The molecule has 0 saturated carbocycles. The van der Waals surface area contributed by atoms with Crippen molar-refractivity contribution in [2.75, 3.05) is 0 Å². The van der Waals surface area contributed by atoms with E-state index in [0.717, 1.165) is 0 Å². The van der Waals surface area contributed by atoms with Crippen LogP contribution in [0.5, 0.6) is 0 Å². The van der Waals surface area contributed by atoms with Crippen LogP contribution in [0.2, 0.25) is 0 Å². The number of hydrogen-bond acceptors (Lipinski definition) is 2. The number of aromatic nitrogens is 4. The zero-order chi connectivity index (χ0) is 69.2. The molecule has 0 spiro atoms. The molecule has 0 aliphatic rings. The van der Waals surface area contributed by atoms with Gasteiger partial charge >= 0.3 is 0 Å². The van der Waals surface area contributed by atoms with Crippen LogP contribution in [-0.4, -0.2) is 18.3 Å². The molecule has 0 N–H and O–H groups in total. The molecule has 18 aromatic carbocycles. The number of thiophene rings is 2. The molecule has 0 bridgehead atoms. The van der Waals surface area contributed by atoms with Crippen molar-refractivity contribution in [3.05, 3.63) is 364 Å². The minimum atomic E-state index is 1.21. The fourth-order valence-corrected chi connectivity index (χ4v) is 20.3. The van der Waals surface area contributed by atoms with Crippen molar-refractivity contribution in [2.24, 2.45) is 0 Å². The molecule has 0 unspecified atom stereocenters. The normalized spacial score (nSPS) is 12.2. The van der Waals surface area contributed by atoms with Crippen LogP contribution in [0.3, 0.4) is 0 Å². The van der Waals surface area contributed by atoms with Crippen LogP contribution in [0.4, 0.5) is 0 Å². The van der Waals surface area contributed by atoms with Crippen LogP contribution in [-0.2, 0) is 0 Å². The monoisotopic (exact) mass is 1380 g/mol. The van der Waals surface area contributed by atoms with E-state index in [4.69, 9.17) is 0 Å². The van der Waals surface area contributed by atoms with E-state index < -0.39 is 0 Å². The van der Waals surface area contributed by atoms with Crippen molar-refractivity contribution in [1.82, 2.24) is 18.3 Å². The Morgan fingerprint density at radius 3 is 0.934 bits per heavy atom. The molecule has 0 fully saturated rings. The highest BCUT2D eigenvalue weighted by Crippen LogP contribution is 2.49. The van der Waals surface area contributed by atoms with Gasteiger partial charge in [0.1, 0.15) is 0 Å². The number of rotatable bonds is 6. The van der Waals surface area contributed by atoms with Crippen LogP contribution in [0.15, 0.2) is 364 Å². The average Bonchev–Trinajstić information content (AvgIpc) is 1.57. The first-order chi connectivity index (χ1) is 52.6. The molecule has 0 aliphatic heterocycles. The molecule has 4 nitrogen and oxygen atoms in total. The van der Waals surface area contributed by atoms with Crippen molar-refractivity contribution in [1.29, 1.82) is 0 Å². The van der Waals surface area contributed by atoms with Gasteiger partial charge in [-0.15, -0.1) is 22.7 Å². The summed E-state index contributed by atoms with van der Waals surface area (Å²) in [4.78, 5) is 0. The summed E-state index contributed by atoms with van der Waals surface area (Å²) < 4.78 is 15.2. The second-order valence-corrected chi connectivity index (χ2v) is 30.3. The molecule has 6 heterocycles. The minimum Gasteiger partial charge on any atom is -0.309 e. The first kappa shape index (κ1) is 59.2. The molecule has 0 atom stereocenters. The average molecular weight is 1380 g/mol. The second-order valence-electron chi connectivity index (χ2n) is 28.2. The van der Waals surface area contributed by atoms with Crippen molar-refractivity contribution in [2.45, 2.75) is 0 Å². The quantitative estimate of drug-likeness (QED) is 0.158. The molecule has 6 heteroatoms. The van der Waals surface area contributed by atoms with E-state index in [1.54, 1.807) is 0 Å². The maximum atomic E-state index is 2.49. The van der Waals surface area contributed by atoms with Gasteiger partial charge in [-0.2, -0.15) is 0 Å². The Hall–Kier alpha value is -13.4. The topological polar surface area (TPSA) is 19.7 Å². The molecule has 0 saturated heterocycles. The summed E-state index contributed by atoms with van der Waals surface area (Å²) in [6.45, 7) is 0. The zero-order valence-electron chi connectivity index (χ0n) is 57.2. The number of para-hydroxylation sites is 2. The zero-order valence-corrected chi connectivity index (χ0v) is 58.9. The van der Waals surface area contributed by atoms with Gasteiger partial charge in [-0.05, 0) is 159 Å². The van der Waals surface area contributed by atoms with E-state index in [2.05, 4.69) is 382 Å². The molecule has 24 rings (SSSR count). The van der Waals surface area contributed by atoms with Gasteiger partial charge < -0.3 is 18.3 Å². The largest absolute Gasteiger partial charge is 0.309 e. The number of fused-ring (bicyclic) bond motifs is 24. The Morgan fingerprint density at radius 2 is 0.472 bits per heavy atom. The van der Waals surface area contributed by atoms with Gasteiger partial charge in [0.2, 0.25) is 0 Å². The van der Waals surface area contributed by atoms with Crippen LogP contribution < -0.4 is 0 Å². The summed E-state index contributed by atoms with van der Waals surface area (Å²) in [5, 5.41) is 25.5. The van der Waals surface area contributed by atoms with Gasteiger partial charge in [-0.1, -0.05) is 249 Å². The Kier molecular flexibility index (Phi) is 12.9. The number of benzene rings is 18. The van der Waals surface area contributed by atoms with Crippen molar-refractivity contribution in [3.63, 3.8) is 0 Å². The molecule has 0 amide bonds. The van der Waals surface area contributed by atoms with E-state index in [1.807, 2.05) is 22.7 Å². The van der Waals surface area contributed by atoms with Crippen molar-refractivity contribution in [3.8, 4) is 45.0 Å². The van der Waals surface area contributed by atoms with Gasteiger partial charge in [0, 0.05) is 105 Å². The third-order valence-electron chi connectivity index (χ3n) is 22.6. The van der Waals surface area contributed by atoms with Crippen LogP contribution >= 0.6 is 22.7 Å². The van der Waals surface area contributed by atoms with Gasteiger partial charge in [-0.3, -0.25) is 0 Å². The molecule has 24 aromatic rings. The maximum Gasteiger partial charge on any atom is 0.0556 e. The van der Waals surface area contributed by atoms with Crippen molar-refractivity contribution >= 4 is 193 Å². The predicted octanol–water partition coefficient (Wildman–Crippen LogP) is 28.4. The summed E-state index contributed by atoms with van der Waals surface area (Å²) in [7, 11) is 0. The molecule has 492 valence electrons. The highest BCUT2D eigenvalue weighted by molar-refractivity contribution is 7.27. The lowest BCUT2D eigenvalue weighted by atomic mass is 9.99. The van der Waals surface area contributed by atoms with Gasteiger partial charge in [0.05, 0.1) is 66.9 Å². The molecule has 6 aromatic heterocycles. The molecular formula is C100H60N4S2. The summed E-state index contributed by atoms with van der Waals surface area (Å²) >= 11 is 3.79. The van der Waals surface area contributed by atoms with Crippen LogP contribution in [0.1, 0.15) is 0 Å². The van der Waals surface area contributed by atoms with Gasteiger partial charge in [-0.25, -0.2) is 0 Å². The minimum absolute atomic E-state index is 1.21.